The number of hydrogen-bond acceptors (Lipinski definition) is 4. The van der Waals surface area contributed by atoms with Crippen molar-refractivity contribution < 1.29 is 13.9 Å². The SMILES string of the molecule is C[C@H]1CC[C@@H](CCC(=O)Nc2ccc3[nH]c(=S)oc3c2)O1. The molecule has 3 rings (SSSR count). The molecule has 1 aromatic carbocycles. The van der Waals surface area contributed by atoms with Gasteiger partial charge in [-0.3, -0.25) is 4.79 Å². The lowest BCUT2D eigenvalue weighted by atomic mass is 10.1. The lowest BCUT2D eigenvalue weighted by Gasteiger charge is -2.10. The van der Waals surface area contributed by atoms with E-state index in [0.717, 1.165) is 24.8 Å². The number of H-pyrrole nitrogens is 1. The molecule has 0 unspecified atom stereocenters. The van der Waals surface area contributed by atoms with Crippen LogP contribution >= 0.6 is 12.2 Å². The Bertz CT molecular complexity index is 706. The minimum absolute atomic E-state index is 0.00774. The van der Waals surface area contributed by atoms with Crippen LogP contribution in [0.1, 0.15) is 32.6 Å². The fraction of sp³-hybridized carbons (Fsp3) is 0.467. The number of aromatic amines is 1. The standard InChI is InChI=1S/C15H18N2O3S/c1-9-2-4-11(19-9)5-7-14(18)16-10-3-6-12-13(8-10)20-15(21)17-12/h3,6,8-9,11H,2,4-5,7H2,1H3,(H,16,18)(H,17,21)/t9-,11-/m0/s1. The molecule has 0 aliphatic carbocycles. The predicted octanol–water partition coefficient (Wildman–Crippen LogP) is 3.78. The first-order valence-electron chi connectivity index (χ1n) is 7.18. The number of nitrogens with one attached hydrogen (secondary N) is 2. The molecule has 21 heavy (non-hydrogen) atoms. The van der Waals surface area contributed by atoms with Crippen molar-refractivity contribution in [2.45, 2.75) is 44.8 Å². The van der Waals surface area contributed by atoms with Crippen molar-refractivity contribution in [3.05, 3.63) is 23.0 Å². The monoisotopic (exact) mass is 306 g/mol. The topological polar surface area (TPSA) is 67.3 Å². The molecule has 2 aromatic rings. The number of ether oxygens (including phenoxy) is 1. The Morgan fingerprint density at radius 2 is 2.33 bits per heavy atom. The number of benzene rings is 1. The predicted molar refractivity (Wildman–Crippen MR) is 82.8 cm³/mol. The maximum absolute atomic E-state index is 12.0. The number of aromatic nitrogens is 1. The summed E-state index contributed by atoms with van der Waals surface area (Å²) < 4.78 is 11.0. The number of amides is 1. The Morgan fingerprint density at radius 3 is 3.10 bits per heavy atom. The summed E-state index contributed by atoms with van der Waals surface area (Å²) in [4.78, 5) is 15.2. The maximum Gasteiger partial charge on any atom is 0.266 e. The molecule has 0 radical (unpaired) electrons. The van der Waals surface area contributed by atoms with Crippen LogP contribution in [0.25, 0.3) is 11.1 Å². The molecule has 1 amide bonds. The molecule has 2 heterocycles. The third-order valence-electron chi connectivity index (χ3n) is 3.72. The van der Waals surface area contributed by atoms with E-state index < -0.39 is 0 Å². The van der Waals surface area contributed by atoms with Crippen LogP contribution < -0.4 is 5.32 Å². The van der Waals surface area contributed by atoms with E-state index in [1.165, 1.54) is 0 Å². The van der Waals surface area contributed by atoms with Gasteiger partial charge in [0.25, 0.3) is 4.84 Å². The minimum Gasteiger partial charge on any atom is -0.429 e. The van der Waals surface area contributed by atoms with Crippen LogP contribution in [-0.4, -0.2) is 23.1 Å². The normalized spacial score (nSPS) is 21.8. The first-order valence-corrected chi connectivity index (χ1v) is 7.59. The molecule has 1 aromatic heterocycles. The molecular formula is C15H18N2O3S. The summed E-state index contributed by atoms with van der Waals surface area (Å²) in [5, 5.41) is 2.88. The summed E-state index contributed by atoms with van der Waals surface area (Å²) in [6.45, 7) is 2.07. The molecule has 2 atom stereocenters. The zero-order chi connectivity index (χ0) is 14.8. The van der Waals surface area contributed by atoms with Crippen molar-refractivity contribution in [2.75, 3.05) is 5.32 Å². The summed E-state index contributed by atoms with van der Waals surface area (Å²) in [5.74, 6) is -0.00774. The molecule has 1 saturated heterocycles. The van der Waals surface area contributed by atoms with E-state index in [1.54, 1.807) is 6.07 Å². The fourth-order valence-corrected chi connectivity index (χ4v) is 2.84. The molecule has 6 heteroatoms. The second-order valence-corrected chi connectivity index (χ2v) is 5.83. The van der Waals surface area contributed by atoms with E-state index >= 15 is 0 Å². The molecule has 1 aliphatic heterocycles. The first kappa shape index (κ1) is 14.3. The molecule has 2 N–H and O–H groups in total. The molecule has 112 valence electrons. The average molecular weight is 306 g/mol. The molecule has 1 aliphatic rings. The lowest BCUT2D eigenvalue weighted by molar-refractivity contribution is -0.116. The fourth-order valence-electron chi connectivity index (χ4n) is 2.64. The summed E-state index contributed by atoms with van der Waals surface area (Å²) >= 11 is 4.93. The van der Waals surface area contributed by atoms with Crippen LogP contribution in [0.3, 0.4) is 0 Å². The van der Waals surface area contributed by atoms with Crippen LogP contribution in [0.4, 0.5) is 5.69 Å². The van der Waals surface area contributed by atoms with Crippen molar-refractivity contribution in [1.82, 2.24) is 4.98 Å². The molecule has 0 spiro atoms. The van der Waals surface area contributed by atoms with Gasteiger partial charge in [-0.15, -0.1) is 0 Å². The van der Waals surface area contributed by atoms with Gasteiger partial charge in [0.15, 0.2) is 5.58 Å². The molecule has 5 nitrogen and oxygen atoms in total. The summed E-state index contributed by atoms with van der Waals surface area (Å²) in [7, 11) is 0. The average Bonchev–Trinajstić information content (AvgIpc) is 3.01. The minimum atomic E-state index is -0.00774. The zero-order valence-electron chi connectivity index (χ0n) is 11.8. The Morgan fingerprint density at radius 1 is 1.48 bits per heavy atom. The largest absolute Gasteiger partial charge is 0.429 e. The van der Waals surface area contributed by atoms with Gasteiger partial charge in [-0.2, -0.15) is 0 Å². The van der Waals surface area contributed by atoms with Gasteiger partial charge < -0.3 is 19.5 Å². The van der Waals surface area contributed by atoms with E-state index in [9.17, 15) is 4.79 Å². The van der Waals surface area contributed by atoms with Crippen LogP contribution in [0.2, 0.25) is 0 Å². The van der Waals surface area contributed by atoms with Gasteiger partial charge in [-0.25, -0.2) is 0 Å². The van der Waals surface area contributed by atoms with E-state index in [0.29, 0.717) is 28.6 Å². The third kappa shape index (κ3) is 3.51. The molecule has 0 bridgehead atoms. The molecule has 0 saturated carbocycles. The number of hydrogen-bond donors (Lipinski definition) is 2. The van der Waals surface area contributed by atoms with Crippen LogP contribution in [0.5, 0.6) is 0 Å². The van der Waals surface area contributed by atoms with Crippen molar-refractivity contribution in [3.8, 4) is 0 Å². The summed E-state index contributed by atoms with van der Waals surface area (Å²) in [6.07, 6.45) is 3.90. The van der Waals surface area contributed by atoms with Crippen LogP contribution in [0.15, 0.2) is 22.6 Å². The summed E-state index contributed by atoms with van der Waals surface area (Å²) in [5.41, 5.74) is 2.18. The Hall–Kier alpha value is -1.66. The van der Waals surface area contributed by atoms with Gasteiger partial charge in [0, 0.05) is 18.2 Å². The second-order valence-electron chi connectivity index (χ2n) is 5.46. The number of fused-ring (bicyclic) bond motifs is 1. The summed E-state index contributed by atoms with van der Waals surface area (Å²) in [6, 6.07) is 5.44. The highest BCUT2D eigenvalue weighted by Gasteiger charge is 2.22. The lowest BCUT2D eigenvalue weighted by Crippen LogP contribution is -2.15. The quantitative estimate of drug-likeness (QED) is 0.844. The Kier molecular flexibility index (Phi) is 4.07. The molecular weight excluding hydrogens is 288 g/mol. The van der Waals surface area contributed by atoms with Crippen molar-refractivity contribution >= 4 is 34.9 Å². The highest BCUT2D eigenvalue weighted by atomic mass is 32.1. The Balaban J connectivity index is 1.56. The second kappa shape index (κ2) is 5.99. The van der Waals surface area contributed by atoms with Gasteiger partial charge in [0.05, 0.1) is 17.7 Å². The van der Waals surface area contributed by atoms with Gasteiger partial charge in [0.1, 0.15) is 0 Å². The van der Waals surface area contributed by atoms with Crippen molar-refractivity contribution in [3.63, 3.8) is 0 Å². The number of carbonyl (C=O) groups excluding carboxylic acids is 1. The molecule has 1 fully saturated rings. The van der Waals surface area contributed by atoms with Crippen LogP contribution in [0, 0.1) is 4.84 Å². The number of carbonyl (C=O) groups is 1. The van der Waals surface area contributed by atoms with E-state index in [1.807, 2.05) is 12.1 Å². The number of rotatable bonds is 4. The first-order chi connectivity index (χ1) is 10.1. The highest BCUT2D eigenvalue weighted by molar-refractivity contribution is 7.71. The highest BCUT2D eigenvalue weighted by Crippen LogP contribution is 2.23. The van der Waals surface area contributed by atoms with E-state index in [4.69, 9.17) is 21.4 Å². The van der Waals surface area contributed by atoms with Gasteiger partial charge >= 0.3 is 0 Å². The maximum atomic E-state index is 12.0. The number of oxazole rings is 1. The van der Waals surface area contributed by atoms with Crippen LogP contribution in [-0.2, 0) is 9.53 Å². The smallest absolute Gasteiger partial charge is 0.266 e. The Labute approximate surface area is 127 Å². The van der Waals surface area contributed by atoms with Crippen molar-refractivity contribution in [1.29, 1.82) is 0 Å². The zero-order valence-corrected chi connectivity index (χ0v) is 12.7. The van der Waals surface area contributed by atoms with E-state index in [-0.39, 0.29) is 12.0 Å². The number of anilines is 1. The van der Waals surface area contributed by atoms with Gasteiger partial charge in [0.2, 0.25) is 5.91 Å². The third-order valence-corrected chi connectivity index (χ3v) is 3.90. The van der Waals surface area contributed by atoms with Crippen molar-refractivity contribution in [2.24, 2.45) is 0 Å². The van der Waals surface area contributed by atoms with E-state index in [2.05, 4.69) is 17.2 Å². The van der Waals surface area contributed by atoms with Gasteiger partial charge in [-0.1, -0.05) is 0 Å². The van der Waals surface area contributed by atoms with Gasteiger partial charge in [-0.05, 0) is 50.5 Å².